The number of halogens is 2. The predicted molar refractivity (Wildman–Crippen MR) is 83.6 cm³/mol. The third kappa shape index (κ3) is 2.65. The summed E-state index contributed by atoms with van der Waals surface area (Å²) in [5.74, 6) is -2.24. The van der Waals surface area contributed by atoms with Crippen LogP contribution >= 0.6 is 23.2 Å². The van der Waals surface area contributed by atoms with Gasteiger partial charge in [0.05, 0.1) is 15.6 Å². The van der Waals surface area contributed by atoms with Crippen molar-refractivity contribution in [3.8, 4) is 0 Å². The SMILES string of the molecule is CC1(O)OC(=O)C(c2c(Cl)cccc2Cl)=C1C1CCOCC1. The molecule has 0 aliphatic carbocycles. The Morgan fingerprint density at radius 2 is 1.82 bits per heavy atom. The molecule has 2 aliphatic rings. The summed E-state index contributed by atoms with van der Waals surface area (Å²) in [6.07, 6.45) is 1.43. The summed E-state index contributed by atoms with van der Waals surface area (Å²) in [5, 5.41) is 11.3. The van der Waals surface area contributed by atoms with Crippen LogP contribution in [-0.4, -0.2) is 30.1 Å². The Morgan fingerprint density at radius 1 is 1.23 bits per heavy atom. The van der Waals surface area contributed by atoms with Crippen molar-refractivity contribution in [3.05, 3.63) is 39.4 Å². The van der Waals surface area contributed by atoms with Gasteiger partial charge in [-0.2, -0.15) is 0 Å². The molecule has 1 N–H and O–H groups in total. The molecule has 6 heteroatoms. The Kier molecular flexibility index (Phi) is 4.21. The zero-order valence-electron chi connectivity index (χ0n) is 12.1. The summed E-state index contributed by atoms with van der Waals surface area (Å²) in [6.45, 7) is 2.65. The first kappa shape index (κ1) is 15.8. The average Bonchev–Trinajstić information content (AvgIpc) is 2.69. The van der Waals surface area contributed by atoms with Crippen LogP contribution in [0.4, 0.5) is 0 Å². The maximum Gasteiger partial charge on any atom is 0.341 e. The third-order valence-electron chi connectivity index (χ3n) is 4.11. The third-order valence-corrected chi connectivity index (χ3v) is 4.74. The van der Waals surface area contributed by atoms with Gasteiger partial charge in [0.1, 0.15) is 0 Å². The molecule has 0 aromatic heterocycles. The van der Waals surface area contributed by atoms with E-state index in [2.05, 4.69) is 0 Å². The molecule has 1 unspecified atom stereocenters. The first-order chi connectivity index (χ1) is 10.4. The molecular formula is C16H16Cl2O4. The second kappa shape index (κ2) is 5.85. The molecule has 1 fully saturated rings. The molecule has 0 spiro atoms. The van der Waals surface area contributed by atoms with Crippen LogP contribution in [0.5, 0.6) is 0 Å². The number of ether oxygens (including phenoxy) is 2. The fourth-order valence-corrected chi connectivity index (χ4v) is 3.76. The second-order valence-electron chi connectivity index (χ2n) is 5.64. The van der Waals surface area contributed by atoms with Crippen molar-refractivity contribution in [3.63, 3.8) is 0 Å². The van der Waals surface area contributed by atoms with E-state index in [1.807, 2.05) is 0 Å². The van der Waals surface area contributed by atoms with Gasteiger partial charge in [0.2, 0.25) is 5.79 Å². The fraction of sp³-hybridized carbons (Fsp3) is 0.438. The van der Waals surface area contributed by atoms with Gasteiger partial charge in [-0.3, -0.25) is 0 Å². The molecule has 118 valence electrons. The van der Waals surface area contributed by atoms with Crippen molar-refractivity contribution in [1.29, 1.82) is 0 Å². The Morgan fingerprint density at radius 3 is 2.41 bits per heavy atom. The Hall–Kier alpha value is -1.07. The van der Waals surface area contributed by atoms with E-state index < -0.39 is 11.8 Å². The number of hydrogen-bond donors (Lipinski definition) is 1. The van der Waals surface area contributed by atoms with Crippen LogP contribution in [0.25, 0.3) is 5.57 Å². The van der Waals surface area contributed by atoms with E-state index in [1.165, 1.54) is 6.92 Å². The number of esters is 1. The van der Waals surface area contributed by atoms with E-state index in [1.54, 1.807) is 18.2 Å². The highest BCUT2D eigenvalue weighted by atomic mass is 35.5. The minimum Gasteiger partial charge on any atom is -0.426 e. The minimum atomic E-state index is -1.64. The molecule has 0 amide bonds. The summed E-state index contributed by atoms with van der Waals surface area (Å²) in [4.78, 5) is 12.4. The first-order valence-electron chi connectivity index (χ1n) is 7.14. The molecule has 2 aliphatic heterocycles. The zero-order chi connectivity index (χ0) is 15.9. The van der Waals surface area contributed by atoms with E-state index >= 15 is 0 Å². The lowest BCUT2D eigenvalue weighted by Crippen LogP contribution is -2.33. The summed E-state index contributed by atoms with van der Waals surface area (Å²) in [5.41, 5.74) is 1.26. The van der Waals surface area contributed by atoms with E-state index in [0.29, 0.717) is 47.2 Å². The zero-order valence-corrected chi connectivity index (χ0v) is 13.6. The van der Waals surface area contributed by atoms with E-state index in [0.717, 1.165) is 0 Å². The van der Waals surface area contributed by atoms with E-state index in [4.69, 9.17) is 32.7 Å². The molecule has 0 radical (unpaired) electrons. The van der Waals surface area contributed by atoms with Crippen LogP contribution in [0.1, 0.15) is 25.3 Å². The number of carbonyl (C=O) groups is 1. The molecule has 1 atom stereocenters. The normalized spacial score (nSPS) is 26.5. The van der Waals surface area contributed by atoms with Crippen molar-refractivity contribution < 1.29 is 19.4 Å². The second-order valence-corrected chi connectivity index (χ2v) is 6.46. The van der Waals surface area contributed by atoms with Crippen LogP contribution in [0.3, 0.4) is 0 Å². The van der Waals surface area contributed by atoms with Crippen molar-refractivity contribution in [2.45, 2.75) is 25.6 Å². The van der Waals surface area contributed by atoms with Crippen molar-refractivity contribution in [2.75, 3.05) is 13.2 Å². The smallest absolute Gasteiger partial charge is 0.341 e. The highest BCUT2D eigenvalue weighted by Gasteiger charge is 2.47. The molecule has 3 rings (SSSR count). The number of rotatable bonds is 2. The Balaban J connectivity index is 2.20. The molecule has 2 heterocycles. The maximum atomic E-state index is 12.4. The molecular weight excluding hydrogens is 327 g/mol. The summed E-state index contributed by atoms with van der Waals surface area (Å²) in [7, 11) is 0. The quantitative estimate of drug-likeness (QED) is 0.836. The number of hydrogen-bond acceptors (Lipinski definition) is 4. The van der Waals surface area contributed by atoms with Crippen LogP contribution in [0, 0.1) is 5.92 Å². The van der Waals surface area contributed by atoms with Gasteiger partial charge in [0.15, 0.2) is 0 Å². The molecule has 1 aromatic carbocycles. The molecule has 0 saturated carbocycles. The van der Waals surface area contributed by atoms with Crippen molar-refractivity contribution in [1.82, 2.24) is 0 Å². The number of cyclic esters (lactones) is 1. The van der Waals surface area contributed by atoms with Crippen molar-refractivity contribution >= 4 is 34.7 Å². The van der Waals surface area contributed by atoms with Gasteiger partial charge in [0, 0.05) is 31.3 Å². The molecule has 1 aromatic rings. The largest absolute Gasteiger partial charge is 0.426 e. The Bertz CT molecular complexity index is 625. The summed E-state index contributed by atoms with van der Waals surface area (Å²) in [6, 6.07) is 5.04. The molecule has 22 heavy (non-hydrogen) atoms. The van der Waals surface area contributed by atoms with Crippen LogP contribution in [-0.2, 0) is 14.3 Å². The average molecular weight is 343 g/mol. The number of carbonyl (C=O) groups excluding carboxylic acids is 1. The van der Waals surface area contributed by atoms with E-state index in [9.17, 15) is 9.90 Å². The number of aliphatic hydroxyl groups is 1. The van der Waals surface area contributed by atoms with E-state index in [-0.39, 0.29) is 11.5 Å². The predicted octanol–water partition coefficient (Wildman–Crippen LogP) is 3.44. The lowest BCUT2D eigenvalue weighted by Gasteiger charge is -2.29. The van der Waals surface area contributed by atoms with Gasteiger partial charge in [-0.25, -0.2) is 4.79 Å². The van der Waals surface area contributed by atoms with Crippen LogP contribution in [0.2, 0.25) is 10.0 Å². The van der Waals surface area contributed by atoms with Crippen molar-refractivity contribution in [2.24, 2.45) is 5.92 Å². The van der Waals surface area contributed by atoms with Gasteiger partial charge in [-0.05, 0) is 30.9 Å². The monoisotopic (exact) mass is 342 g/mol. The minimum absolute atomic E-state index is 0.00228. The topological polar surface area (TPSA) is 55.8 Å². The first-order valence-corrected chi connectivity index (χ1v) is 7.90. The lowest BCUT2D eigenvalue weighted by atomic mass is 9.83. The van der Waals surface area contributed by atoms with Crippen LogP contribution in [0.15, 0.2) is 23.8 Å². The van der Waals surface area contributed by atoms with Gasteiger partial charge in [0.25, 0.3) is 0 Å². The van der Waals surface area contributed by atoms with Gasteiger partial charge in [-0.1, -0.05) is 29.3 Å². The highest BCUT2D eigenvalue weighted by molar-refractivity contribution is 6.40. The van der Waals surface area contributed by atoms with Gasteiger partial charge >= 0.3 is 5.97 Å². The molecule has 0 bridgehead atoms. The maximum absolute atomic E-state index is 12.4. The molecule has 1 saturated heterocycles. The molecule has 4 nitrogen and oxygen atoms in total. The highest BCUT2D eigenvalue weighted by Crippen LogP contribution is 2.46. The summed E-state index contributed by atoms with van der Waals surface area (Å²) >= 11 is 12.5. The van der Waals surface area contributed by atoms with Gasteiger partial charge in [-0.15, -0.1) is 0 Å². The fourth-order valence-electron chi connectivity index (χ4n) is 3.17. The Labute approximate surface area is 138 Å². The van der Waals surface area contributed by atoms with Gasteiger partial charge < -0.3 is 14.6 Å². The lowest BCUT2D eigenvalue weighted by molar-refractivity contribution is -0.176. The standard InChI is InChI=1S/C16H16Cl2O4/c1-16(20)14(9-5-7-21-8-6-9)13(15(19)22-16)12-10(17)3-2-4-11(12)18/h2-4,9,20H,5-8H2,1H3. The number of benzene rings is 1. The van der Waals surface area contributed by atoms with Crippen LogP contribution < -0.4 is 0 Å². The summed E-state index contributed by atoms with van der Waals surface area (Å²) < 4.78 is 10.5.